The molecule has 0 fully saturated rings. The summed E-state index contributed by atoms with van der Waals surface area (Å²) in [5, 5.41) is 2.84. The van der Waals surface area contributed by atoms with Crippen LogP contribution < -0.4 is 14.8 Å². The molecule has 122 valence electrons. The van der Waals surface area contributed by atoms with Crippen LogP contribution in [0.4, 0.5) is 0 Å². The second kappa shape index (κ2) is 9.78. The van der Waals surface area contributed by atoms with Crippen LogP contribution >= 0.6 is 0 Å². The van der Waals surface area contributed by atoms with Gasteiger partial charge in [-0.25, -0.2) is 0 Å². The Hall–Kier alpha value is -2.08. The van der Waals surface area contributed by atoms with Crippen LogP contribution in [0, 0.1) is 0 Å². The number of rotatable bonds is 9. The third-order valence-corrected chi connectivity index (χ3v) is 3.12. The van der Waals surface area contributed by atoms with Crippen LogP contribution in [0.15, 0.2) is 23.2 Å². The number of hydrogen-bond donors (Lipinski definition) is 1. The Morgan fingerprint density at radius 1 is 1.18 bits per heavy atom. The molecule has 0 saturated carbocycles. The average Bonchev–Trinajstić information content (AvgIpc) is 2.54. The fraction of sp³-hybridized carbons (Fsp3) is 0.500. The van der Waals surface area contributed by atoms with Crippen LogP contribution in [0.25, 0.3) is 0 Å². The standard InChI is InChI=1S/C16H24N2O4/c1-12(17-9-10-20-2)16(19)18-8-7-13-5-6-14(21-3)15(11-13)22-4/h5-6,11H,7-10H2,1-4H3,(H,18,19). The molecule has 0 unspecified atom stereocenters. The molecule has 1 aromatic rings. The fourth-order valence-electron chi connectivity index (χ4n) is 1.86. The highest BCUT2D eigenvalue weighted by atomic mass is 16.5. The number of nitrogens with zero attached hydrogens (tertiary/aromatic N) is 1. The highest BCUT2D eigenvalue weighted by molar-refractivity contribution is 6.37. The molecule has 1 aromatic carbocycles. The van der Waals surface area contributed by atoms with Gasteiger partial charge in [0, 0.05) is 13.7 Å². The molecule has 0 aromatic heterocycles. The van der Waals surface area contributed by atoms with E-state index in [0.717, 1.165) is 5.56 Å². The first-order valence-electron chi connectivity index (χ1n) is 7.11. The van der Waals surface area contributed by atoms with E-state index < -0.39 is 0 Å². The summed E-state index contributed by atoms with van der Waals surface area (Å²) in [6.07, 6.45) is 0.706. The van der Waals surface area contributed by atoms with Gasteiger partial charge < -0.3 is 19.5 Å². The molecule has 0 spiro atoms. The first-order chi connectivity index (χ1) is 10.6. The third-order valence-electron chi connectivity index (χ3n) is 3.12. The number of ether oxygens (including phenoxy) is 3. The SMILES string of the molecule is COCCN=C(C)C(=O)NCCc1ccc(OC)c(OC)c1. The predicted octanol–water partition coefficient (Wildman–Crippen LogP) is 1.47. The number of carbonyl (C=O) groups is 1. The average molecular weight is 308 g/mol. The van der Waals surface area contributed by atoms with Gasteiger partial charge >= 0.3 is 0 Å². The fourth-order valence-corrected chi connectivity index (χ4v) is 1.86. The van der Waals surface area contributed by atoms with E-state index in [9.17, 15) is 4.79 Å². The molecule has 0 aliphatic carbocycles. The number of nitrogens with one attached hydrogen (secondary N) is 1. The Morgan fingerprint density at radius 3 is 2.55 bits per heavy atom. The summed E-state index contributed by atoms with van der Waals surface area (Å²) in [6.45, 7) is 3.23. The maximum absolute atomic E-state index is 11.8. The van der Waals surface area contributed by atoms with Gasteiger partial charge in [0.25, 0.3) is 5.91 Å². The molecular weight excluding hydrogens is 284 g/mol. The summed E-state index contributed by atoms with van der Waals surface area (Å²) in [5.74, 6) is 1.22. The van der Waals surface area contributed by atoms with Gasteiger partial charge in [-0.05, 0) is 31.0 Å². The van der Waals surface area contributed by atoms with Gasteiger partial charge in [-0.15, -0.1) is 0 Å². The summed E-state index contributed by atoms with van der Waals surface area (Å²) in [4.78, 5) is 16.0. The van der Waals surface area contributed by atoms with Crippen molar-refractivity contribution in [2.45, 2.75) is 13.3 Å². The Labute approximate surface area is 131 Å². The highest BCUT2D eigenvalue weighted by Gasteiger charge is 2.07. The van der Waals surface area contributed by atoms with E-state index in [1.807, 2.05) is 18.2 Å². The van der Waals surface area contributed by atoms with Gasteiger partial charge in [0.1, 0.15) is 0 Å². The van der Waals surface area contributed by atoms with Crippen molar-refractivity contribution < 1.29 is 19.0 Å². The second-order valence-corrected chi connectivity index (χ2v) is 4.66. The molecule has 0 aliphatic heterocycles. The van der Waals surface area contributed by atoms with E-state index in [2.05, 4.69) is 10.3 Å². The molecule has 0 radical (unpaired) electrons. The summed E-state index contributed by atoms with van der Waals surface area (Å²) in [5.41, 5.74) is 1.52. The monoisotopic (exact) mass is 308 g/mol. The summed E-state index contributed by atoms with van der Waals surface area (Å²) in [6, 6.07) is 5.71. The maximum atomic E-state index is 11.8. The quantitative estimate of drug-likeness (QED) is 0.554. The van der Waals surface area contributed by atoms with Crippen molar-refractivity contribution in [2.75, 3.05) is 41.0 Å². The largest absolute Gasteiger partial charge is 0.493 e. The normalized spacial score (nSPS) is 11.2. The van der Waals surface area contributed by atoms with E-state index >= 15 is 0 Å². The Morgan fingerprint density at radius 2 is 1.91 bits per heavy atom. The lowest BCUT2D eigenvalue weighted by Gasteiger charge is -2.10. The zero-order valence-corrected chi connectivity index (χ0v) is 13.6. The number of hydrogen-bond acceptors (Lipinski definition) is 5. The van der Waals surface area contributed by atoms with Crippen LogP contribution in [-0.4, -0.2) is 52.6 Å². The van der Waals surface area contributed by atoms with Crippen molar-refractivity contribution in [1.29, 1.82) is 0 Å². The molecule has 0 aliphatic rings. The third kappa shape index (κ3) is 5.73. The second-order valence-electron chi connectivity index (χ2n) is 4.66. The predicted molar refractivity (Wildman–Crippen MR) is 86.1 cm³/mol. The van der Waals surface area contributed by atoms with E-state index in [0.29, 0.717) is 43.3 Å². The molecule has 22 heavy (non-hydrogen) atoms. The zero-order valence-electron chi connectivity index (χ0n) is 13.6. The number of carbonyl (C=O) groups excluding carboxylic acids is 1. The first-order valence-corrected chi connectivity index (χ1v) is 7.11. The topological polar surface area (TPSA) is 69.2 Å². The molecule has 6 nitrogen and oxygen atoms in total. The summed E-state index contributed by atoms with van der Waals surface area (Å²) in [7, 11) is 4.81. The van der Waals surface area contributed by atoms with Crippen molar-refractivity contribution >= 4 is 11.6 Å². The van der Waals surface area contributed by atoms with Gasteiger partial charge in [0.15, 0.2) is 11.5 Å². The van der Waals surface area contributed by atoms with Crippen molar-refractivity contribution in [3.63, 3.8) is 0 Å². The minimum Gasteiger partial charge on any atom is -0.493 e. The Kier molecular flexibility index (Phi) is 7.99. The number of benzene rings is 1. The minimum atomic E-state index is -0.156. The van der Waals surface area contributed by atoms with Crippen LogP contribution in [0.2, 0.25) is 0 Å². The Bertz CT molecular complexity index is 515. The molecule has 0 saturated heterocycles. The van der Waals surface area contributed by atoms with Crippen LogP contribution in [0.5, 0.6) is 11.5 Å². The van der Waals surface area contributed by atoms with Gasteiger partial charge in [-0.1, -0.05) is 6.07 Å². The van der Waals surface area contributed by atoms with E-state index in [1.54, 1.807) is 28.3 Å². The molecule has 0 bridgehead atoms. The van der Waals surface area contributed by atoms with Crippen molar-refractivity contribution in [1.82, 2.24) is 5.32 Å². The van der Waals surface area contributed by atoms with Crippen LogP contribution in [0.3, 0.4) is 0 Å². The molecule has 1 amide bonds. The highest BCUT2D eigenvalue weighted by Crippen LogP contribution is 2.27. The molecular formula is C16H24N2O4. The molecule has 1 N–H and O–H groups in total. The van der Waals surface area contributed by atoms with Gasteiger partial charge in [0.05, 0.1) is 33.1 Å². The lowest BCUT2D eigenvalue weighted by molar-refractivity contribution is -0.114. The molecule has 0 atom stereocenters. The minimum absolute atomic E-state index is 0.156. The molecule has 6 heteroatoms. The van der Waals surface area contributed by atoms with Crippen LogP contribution in [0.1, 0.15) is 12.5 Å². The van der Waals surface area contributed by atoms with Gasteiger partial charge in [-0.3, -0.25) is 9.79 Å². The summed E-state index contributed by atoms with van der Waals surface area (Å²) >= 11 is 0. The lowest BCUT2D eigenvalue weighted by atomic mass is 10.1. The van der Waals surface area contributed by atoms with Crippen molar-refractivity contribution in [3.8, 4) is 11.5 Å². The number of aliphatic imine (C=N–C) groups is 1. The maximum Gasteiger partial charge on any atom is 0.264 e. The smallest absolute Gasteiger partial charge is 0.264 e. The lowest BCUT2D eigenvalue weighted by Crippen LogP contribution is -2.31. The van der Waals surface area contributed by atoms with E-state index in [-0.39, 0.29) is 5.91 Å². The van der Waals surface area contributed by atoms with Crippen LogP contribution in [-0.2, 0) is 16.0 Å². The van der Waals surface area contributed by atoms with Gasteiger partial charge in [-0.2, -0.15) is 0 Å². The van der Waals surface area contributed by atoms with Gasteiger partial charge in [0.2, 0.25) is 0 Å². The Balaban J connectivity index is 2.47. The first kappa shape index (κ1) is 18.0. The van der Waals surface area contributed by atoms with Crippen molar-refractivity contribution in [2.24, 2.45) is 4.99 Å². The molecule has 1 rings (SSSR count). The van der Waals surface area contributed by atoms with Crippen molar-refractivity contribution in [3.05, 3.63) is 23.8 Å². The summed E-state index contributed by atoms with van der Waals surface area (Å²) < 4.78 is 15.3. The zero-order chi connectivity index (χ0) is 16.4. The number of methoxy groups -OCH3 is 3. The molecule has 0 heterocycles. The number of amides is 1. The van der Waals surface area contributed by atoms with E-state index in [1.165, 1.54) is 0 Å². The van der Waals surface area contributed by atoms with E-state index in [4.69, 9.17) is 14.2 Å².